The maximum atomic E-state index is 12.7. The molecule has 0 rings (SSSR count). The molecule has 280 valence electrons. The van der Waals surface area contributed by atoms with Gasteiger partial charge in [-0.2, -0.15) is 0 Å². The lowest BCUT2D eigenvalue weighted by molar-refractivity contribution is -0.145. The van der Waals surface area contributed by atoms with E-state index in [0.717, 1.165) is 83.6 Å². The molecular formula is C34H76N4O6Si3. The minimum atomic E-state index is -2.16. The fraction of sp³-hybridized carbons (Fsp3) is 0.941. The Labute approximate surface area is 293 Å². The van der Waals surface area contributed by atoms with Crippen molar-refractivity contribution in [3.8, 4) is 0 Å². The number of unbranched alkanes of at least 4 members (excludes halogenated alkanes) is 5. The third-order valence-electron chi connectivity index (χ3n) is 7.92. The van der Waals surface area contributed by atoms with Gasteiger partial charge in [-0.15, -0.1) is 0 Å². The summed E-state index contributed by atoms with van der Waals surface area (Å²) < 4.78 is 24.4. The summed E-state index contributed by atoms with van der Waals surface area (Å²) in [5.41, 5.74) is 0. The van der Waals surface area contributed by atoms with Crippen molar-refractivity contribution < 1.29 is 27.3 Å². The zero-order chi connectivity index (χ0) is 35.8. The third kappa shape index (κ3) is 28.7. The molecule has 0 saturated heterocycles. The second-order valence-corrected chi connectivity index (χ2v) is 27.7. The Kier molecular flexibility index (Phi) is 25.6. The molecule has 0 radical (unpaired) electrons. The number of ether oxygens (including phenoxy) is 2. The van der Waals surface area contributed by atoms with E-state index in [2.05, 4.69) is 89.5 Å². The molecule has 2 amide bonds. The van der Waals surface area contributed by atoms with Crippen molar-refractivity contribution in [2.45, 2.75) is 129 Å². The highest BCUT2D eigenvalue weighted by molar-refractivity contribution is 6.87. The van der Waals surface area contributed by atoms with Crippen LogP contribution in [0.2, 0.25) is 51.4 Å². The molecule has 1 N–H and O–H groups in total. The first-order chi connectivity index (χ1) is 22.0. The average molecular weight is 721 g/mol. The predicted molar refractivity (Wildman–Crippen MR) is 205 cm³/mol. The van der Waals surface area contributed by atoms with E-state index in [1.807, 2.05) is 4.90 Å². The van der Waals surface area contributed by atoms with Crippen LogP contribution in [0.4, 0.5) is 4.79 Å². The first kappa shape index (κ1) is 46.2. The molecule has 0 aliphatic carbocycles. The summed E-state index contributed by atoms with van der Waals surface area (Å²) in [5, 5.41) is 3.11. The van der Waals surface area contributed by atoms with Crippen LogP contribution < -0.4 is 5.32 Å². The minimum Gasteiger partial charge on any atom is -0.463 e. The summed E-state index contributed by atoms with van der Waals surface area (Å²) >= 11 is 0. The van der Waals surface area contributed by atoms with Gasteiger partial charge in [0.05, 0.1) is 6.61 Å². The second kappa shape index (κ2) is 26.1. The number of carbonyl (C=O) groups is 2. The van der Waals surface area contributed by atoms with Gasteiger partial charge >= 0.3 is 20.6 Å². The summed E-state index contributed by atoms with van der Waals surface area (Å²) in [4.78, 5) is 31.1. The first-order valence-corrected chi connectivity index (χ1v) is 27.5. The summed E-state index contributed by atoms with van der Waals surface area (Å²) in [7, 11) is 2.57. The summed E-state index contributed by atoms with van der Waals surface area (Å²) in [5.74, 6) is -0.149. The van der Waals surface area contributed by atoms with Crippen LogP contribution in [-0.4, -0.2) is 133 Å². The van der Waals surface area contributed by atoms with E-state index in [1.54, 1.807) is 0 Å². The molecular weight excluding hydrogens is 645 g/mol. The third-order valence-corrected chi connectivity index (χ3v) is 19.4. The van der Waals surface area contributed by atoms with Crippen molar-refractivity contribution in [3.05, 3.63) is 0 Å². The maximum Gasteiger partial charge on any atom is 0.317 e. The molecule has 0 aliphatic rings. The molecule has 0 aromatic carbocycles. The molecule has 0 spiro atoms. The van der Waals surface area contributed by atoms with Crippen LogP contribution in [0.5, 0.6) is 0 Å². The molecule has 0 atom stereocenters. The quantitative estimate of drug-likeness (QED) is 0.0476. The number of amides is 2. The molecule has 47 heavy (non-hydrogen) atoms. The van der Waals surface area contributed by atoms with Gasteiger partial charge in [-0.3, -0.25) is 4.79 Å². The number of hydrogen-bond acceptors (Lipinski definition) is 8. The Hall–Kier alpha value is -0.809. The van der Waals surface area contributed by atoms with Crippen LogP contribution in [0.3, 0.4) is 0 Å². The lowest BCUT2D eigenvalue weighted by atomic mass is 10.1. The van der Waals surface area contributed by atoms with Crippen LogP contribution in [0, 0.1) is 0 Å². The van der Waals surface area contributed by atoms with Crippen molar-refractivity contribution in [1.82, 2.24) is 20.0 Å². The topological polar surface area (TPSA) is 92.8 Å². The van der Waals surface area contributed by atoms with E-state index in [9.17, 15) is 9.59 Å². The van der Waals surface area contributed by atoms with Crippen LogP contribution >= 0.6 is 0 Å². The van der Waals surface area contributed by atoms with E-state index in [-0.39, 0.29) is 12.0 Å². The van der Waals surface area contributed by atoms with E-state index in [0.29, 0.717) is 32.8 Å². The lowest BCUT2D eigenvalue weighted by Crippen LogP contribution is -2.52. The van der Waals surface area contributed by atoms with Crippen LogP contribution in [-0.2, 0) is 22.5 Å². The number of hydrogen-bond donors (Lipinski definition) is 1. The van der Waals surface area contributed by atoms with E-state index >= 15 is 0 Å². The second-order valence-electron chi connectivity index (χ2n) is 15.2. The molecule has 0 unspecified atom stereocenters. The van der Waals surface area contributed by atoms with Gasteiger partial charge in [0.2, 0.25) is 0 Å². The Morgan fingerprint density at radius 2 is 1.15 bits per heavy atom. The molecule has 0 aliphatic heterocycles. The molecule has 0 fully saturated rings. The number of carbonyl (C=O) groups excluding carboxylic acids is 2. The summed E-state index contributed by atoms with van der Waals surface area (Å²) in [6, 6.07) is 2.27. The van der Waals surface area contributed by atoms with E-state index in [1.165, 1.54) is 18.9 Å². The Balaban J connectivity index is 3.95. The predicted octanol–water partition coefficient (Wildman–Crippen LogP) is 7.14. The highest BCUT2D eigenvalue weighted by Crippen LogP contribution is 2.26. The van der Waals surface area contributed by atoms with Gasteiger partial charge in [-0.05, 0) is 125 Å². The summed E-state index contributed by atoms with van der Waals surface area (Å²) in [6.45, 7) is 21.4. The number of esters is 1. The van der Waals surface area contributed by atoms with E-state index < -0.39 is 25.2 Å². The van der Waals surface area contributed by atoms with Crippen molar-refractivity contribution in [2.75, 3.05) is 80.7 Å². The van der Waals surface area contributed by atoms with Crippen LogP contribution in [0.1, 0.15) is 77.6 Å². The monoisotopic (exact) mass is 721 g/mol. The van der Waals surface area contributed by atoms with Gasteiger partial charge in [-0.1, -0.05) is 39.0 Å². The molecule has 0 bridgehead atoms. The fourth-order valence-electron chi connectivity index (χ4n) is 5.75. The molecule has 0 aromatic rings. The van der Waals surface area contributed by atoms with Gasteiger partial charge in [0, 0.05) is 32.7 Å². The van der Waals surface area contributed by atoms with Crippen molar-refractivity contribution >= 4 is 37.2 Å². The first-order valence-electron chi connectivity index (χ1n) is 18.4. The number of rotatable bonds is 30. The van der Waals surface area contributed by atoms with Crippen molar-refractivity contribution in [1.29, 1.82) is 0 Å². The van der Waals surface area contributed by atoms with Crippen LogP contribution in [0.15, 0.2) is 0 Å². The SMILES string of the molecule is CCCC[Si](C)(C)O[Si](C)(C)O[Si](C)(C)CCCOCCOC(=O)CCCCCCCNC(=O)N(CCCN(C)C)CCCN(C)C. The number of nitrogens with zero attached hydrogens (tertiary/aromatic N) is 3. The van der Waals surface area contributed by atoms with Crippen LogP contribution in [0.25, 0.3) is 0 Å². The minimum absolute atomic E-state index is 0.0449. The zero-order valence-corrected chi connectivity index (χ0v) is 35.6. The number of urea groups is 1. The smallest absolute Gasteiger partial charge is 0.317 e. The van der Waals surface area contributed by atoms with Gasteiger partial charge in [-0.25, -0.2) is 4.79 Å². The molecule has 0 aromatic heterocycles. The normalized spacial score (nSPS) is 12.6. The van der Waals surface area contributed by atoms with Gasteiger partial charge < -0.3 is 37.7 Å². The molecule has 13 heteroatoms. The highest BCUT2D eigenvalue weighted by Gasteiger charge is 2.39. The lowest BCUT2D eigenvalue weighted by Gasteiger charge is -2.38. The zero-order valence-electron chi connectivity index (χ0n) is 32.6. The van der Waals surface area contributed by atoms with Crippen molar-refractivity contribution in [3.63, 3.8) is 0 Å². The fourth-order valence-corrected chi connectivity index (χ4v) is 20.0. The van der Waals surface area contributed by atoms with Gasteiger partial charge in [0.1, 0.15) is 6.61 Å². The van der Waals surface area contributed by atoms with Gasteiger partial charge in [0.15, 0.2) is 16.6 Å². The maximum absolute atomic E-state index is 12.7. The Morgan fingerprint density at radius 3 is 1.70 bits per heavy atom. The van der Waals surface area contributed by atoms with Crippen molar-refractivity contribution in [2.24, 2.45) is 0 Å². The Morgan fingerprint density at radius 1 is 0.617 bits per heavy atom. The van der Waals surface area contributed by atoms with E-state index in [4.69, 9.17) is 17.7 Å². The highest BCUT2D eigenvalue weighted by atomic mass is 28.5. The summed E-state index contributed by atoms with van der Waals surface area (Å²) in [6.07, 6.45) is 10.7. The van der Waals surface area contributed by atoms with Gasteiger partial charge in [0.25, 0.3) is 0 Å². The molecule has 10 nitrogen and oxygen atoms in total. The Bertz CT molecular complexity index is 805. The largest absolute Gasteiger partial charge is 0.463 e. The molecule has 0 heterocycles. The average Bonchev–Trinajstić information content (AvgIpc) is 2.94. The number of nitrogens with one attached hydrogen (secondary N) is 1. The molecule has 0 saturated carbocycles. The standard InChI is InChI=1S/C34H76N4O6Si3/c1-12-13-31-45(6,7)43-47(10,11)44-46(8,9)32-21-28-41-29-30-42-33(39)22-17-15-14-16-18-23-35-34(40)38(26-19-24-36(2)3)27-20-25-37(4)5/h12-32H2,1-11H3,(H,35,40).